The second kappa shape index (κ2) is 3.97. The zero-order chi connectivity index (χ0) is 10.1. The molecule has 2 nitrogen and oxygen atoms in total. The Morgan fingerprint density at radius 2 is 1.85 bits per heavy atom. The van der Waals surface area contributed by atoms with E-state index in [1.54, 1.807) is 0 Å². The summed E-state index contributed by atoms with van der Waals surface area (Å²) in [6.45, 7) is 14.3. The summed E-state index contributed by atoms with van der Waals surface area (Å²) in [4.78, 5) is 2.50. The molecule has 1 fully saturated rings. The molecule has 0 saturated carbocycles. The third-order valence-electron chi connectivity index (χ3n) is 3.28. The normalized spacial score (nSPS) is 31.6. The number of ether oxygens (including phenoxy) is 1. The lowest BCUT2D eigenvalue weighted by atomic mass is 9.90. The predicted molar refractivity (Wildman–Crippen MR) is 55.9 cm³/mol. The fourth-order valence-electron chi connectivity index (χ4n) is 1.71. The van der Waals surface area contributed by atoms with E-state index in [2.05, 4.69) is 39.5 Å². The van der Waals surface area contributed by atoms with Crippen LogP contribution in [0.4, 0.5) is 0 Å². The molecule has 0 aromatic carbocycles. The number of hydrogen-bond acceptors (Lipinski definition) is 2. The van der Waals surface area contributed by atoms with Gasteiger partial charge in [-0.15, -0.1) is 0 Å². The van der Waals surface area contributed by atoms with E-state index in [4.69, 9.17) is 4.74 Å². The van der Waals surface area contributed by atoms with Crippen molar-refractivity contribution in [3.8, 4) is 0 Å². The largest absolute Gasteiger partial charge is 0.372 e. The Hall–Kier alpha value is -0.0800. The van der Waals surface area contributed by atoms with Crippen molar-refractivity contribution in [2.75, 3.05) is 19.7 Å². The zero-order valence-corrected chi connectivity index (χ0v) is 9.63. The predicted octanol–water partition coefficient (Wildman–Crippen LogP) is 2.14. The van der Waals surface area contributed by atoms with Crippen molar-refractivity contribution in [3.05, 3.63) is 0 Å². The standard InChI is InChI=1S/C11H23NO/c1-9(2)11(5)8-12(10(3)4)6-7-13-11/h9-10H,6-8H2,1-5H3. The Balaban J connectivity index is 2.60. The highest BCUT2D eigenvalue weighted by Crippen LogP contribution is 2.26. The molecule has 0 amide bonds. The lowest BCUT2D eigenvalue weighted by molar-refractivity contribution is -0.129. The zero-order valence-electron chi connectivity index (χ0n) is 9.63. The molecule has 0 radical (unpaired) electrons. The summed E-state index contributed by atoms with van der Waals surface area (Å²) in [5.41, 5.74) is 0.0581. The molecule has 1 rings (SSSR count). The van der Waals surface area contributed by atoms with E-state index in [0.29, 0.717) is 12.0 Å². The fourth-order valence-corrected chi connectivity index (χ4v) is 1.71. The van der Waals surface area contributed by atoms with E-state index in [0.717, 1.165) is 19.7 Å². The Labute approximate surface area is 82.3 Å². The van der Waals surface area contributed by atoms with E-state index in [1.807, 2.05) is 0 Å². The van der Waals surface area contributed by atoms with Crippen LogP contribution in [-0.4, -0.2) is 36.2 Å². The SMILES string of the molecule is CC(C)N1CCOC(C)(C(C)C)C1. The molecule has 1 aliphatic heterocycles. The van der Waals surface area contributed by atoms with Gasteiger partial charge in [-0.2, -0.15) is 0 Å². The van der Waals surface area contributed by atoms with Crippen molar-refractivity contribution in [2.45, 2.75) is 46.3 Å². The molecular weight excluding hydrogens is 162 g/mol. The number of hydrogen-bond donors (Lipinski definition) is 0. The summed E-state index contributed by atoms with van der Waals surface area (Å²) < 4.78 is 5.87. The molecule has 0 bridgehead atoms. The Morgan fingerprint density at radius 3 is 2.31 bits per heavy atom. The third kappa shape index (κ3) is 2.44. The summed E-state index contributed by atoms with van der Waals surface area (Å²) in [6.07, 6.45) is 0. The Kier molecular flexibility index (Phi) is 3.36. The molecule has 0 N–H and O–H groups in total. The first-order valence-corrected chi connectivity index (χ1v) is 5.34. The van der Waals surface area contributed by atoms with Crippen molar-refractivity contribution >= 4 is 0 Å². The van der Waals surface area contributed by atoms with Gasteiger partial charge in [-0.1, -0.05) is 13.8 Å². The molecule has 0 aliphatic carbocycles. The molecule has 1 unspecified atom stereocenters. The monoisotopic (exact) mass is 185 g/mol. The van der Waals surface area contributed by atoms with Crippen LogP contribution in [0.25, 0.3) is 0 Å². The highest BCUT2D eigenvalue weighted by molar-refractivity contribution is 4.87. The van der Waals surface area contributed by atoms with Crippen molar-refractivity contribution in [1.29, 1.82) is 0 Å². The molecule has 0 aromatic heterocycles. The Bertz CT molecular complexity index is 167. The van der Waals surface area contributed by atoms with Crippen LogP contribution < -0.4 is 0 Å². The van der Waals surface area contributed by atoms with Crippen LogP contribution in [0.3, 0.4) is 0 Å². The highest BCUT2D eigenvalue weighted by atomic mass is 16.5. The van der Waals surface area contributed by atoms with Gasteiger partial charge in [0.15, 0.2) is 0 Å². The molecule has 78 valence electrons. The summed E-state index contributed by atoms with van der Waals surface area (Å²) in [7, 11) is 0. The van der Waals surface area contributed by atoms with E-state index in [-0.39, 0.29) is 5.60 Å². The van der Waals surface area contributed by atoms with Gasteiger partial charge >= 0.3 is 0 Å². The van der Waals surface area contributed by atoms with Crippen molar-refractivity contribution in [1.82, 2.24) is 4.90 Å². The minimum absolute atomic E-state index is 0.0581. The summed E-state index contributed by atoms with van der Waals surface area (Å²) in [5, 5.41) is 0. The first-order chi connectivity index (χ1) is 5.96. The van der Waals surface area contributed by atoms with Crippen molar-refractivity contribution in [2.24, 2.45) is 5.92 Å². The van der Waals surface area contributed by atoms with Crippen LogP contribution in [0.1, 0.15) is 34.6 Å². The quantitative estimate of drug-likeness (QED) is 0.653. The van der Waals surface area contributed by atoms with Gasteiger partial charge in [0.05, 0.1) is 12.2 Å². The first kappa shape index (κ1) is 11.0. The van der Waals surface area contributed by atoms with Crippen molar-refractivity contribution in [3.63, 3.8) is 0 Å². The lowest BCUT2D eigenvalue weighted by Gasteiger charge is -2.44. The van der Waals surface area contributed by atoms with Crippen LogP contribution in [0.15, 0.2) is 0 Å². The Morgan fingerprint density at radius 1 is 1.23 bits per heavy atom. The van der Waals surface area contributed by atoms with Crippen LogP contribution >= 0.6 is 0 Å². The second-order valence-electron chi connectivity index (χ2n) is 4.88. The topological polar surface area (TPSA) is 12.5 Å². The van der Waals surface area contributed by atoms with Gasteiger partial charge in [0, 0.05) is 19.1 Å². The lowest BCUT2D eigenvalue weighted by Crippen LogP contribution is -2.54. The molecule has 1 aliphatic rings. The molecular formula is C11H23NO. The first-order valence-electron chi connectivity index (χ1n) is 5.34. The molecule has 1 heterocycles. The molecule has 1 atom stereocenters. The summed E-state index contributed by atoms with van der Waals surface area (Å²) >= 11 is 0. The minimum atomic E-state index is 0.0581. The molecule has 0 spiro atoms. The number of nitrogens with zero attached hydrogens (tertiary/aromatic N) is 1. The van der Waals surface area contributed by atoms with Gasteiger partial charge in [-0.05, 0) is 26.7 Å². The van der Waals surface area contributed by atoms with Gasteiger partial charge in [0.2, 0.25) is 0 Å². The van der Waals surface area contributed by atoms with E-state index in [1.165, 1.54) is 0 Å². The van der Waals surface area contributed by atoms with Gasteiger partial charge in [0.1, 0.15) is 0 Å². The maximum Gasteiger partial charge on any atom is 0.0804 e. The summed E-state index contributed by atoms with van der Waals surface area (Å²) in [5.74, 6) is 0.592. The smallest absolute Gasteiger partial charge is 0.0804 e. The second-order valence-corrected chi connectivity index (χ2v) is 4.88. The molecule has 13 heavy (non-hydrogen) atoms. The van der Waals surface area contributed by atoms with Gasteiger partial charge in [-0.3, -0.25) is 4.90 Å². The average molecular weight is 185 g/mol. The highest BCUT2D eigenvalue weighted by Gasteiger charge is 2.35. The van der Waals surface area contributed by atoms with Crippen LogP contribution in [0.2, 0.25) is 0 Å². The molecule has 2 heteroatoms. The van der Waals surface area contributed by atoms with E-state index >= 15 is 0 Å². The van der Waals surface area contributed by atoms with Gasteiger partial charge in [-0.25, -0.2) is 0 Å². The molecule has 1 saturated heterocycles. The van der Waals surface area contributed by atoms with Crippen LogP contribution in [-0.2, 0) is 4.74 Å². The average Bonchev–Trinajstić information content (AvgIpc) is 2.04. The van der Waals surface area contributed by atoms with Crippen LogP contribution in [0, 0.1) is 5.92 Å². The maximum atomic E-state index is 5.87. The maximum absolute atomic E-state index is 5.87. The van der Waals surface area contributed by atoms with E-state index < -0.39 is 0 Å². The summed E-state index contributed by atoms with van der Waals surface area (Å²) in [6, 6.07) is 0.641. The fraction of sp³-hybridized carbons (Fsp3) is 1.00. The molecule has 0 aromatic rings. The van der Waals surface area contributed by atoms with E-state index in [9.17, 15) is 0 Å². The van der Waals surface area contributed by atoms with Crippen LogP contribution in [0.5, 0.6) is 0 Å². The number of rotatable bonds is 2. The minimum Gasteiger partial charge on any atom is -0.372 e. The van der Waals surface area contributed by atoms with Gasteiger partial charge in [0.25, 0.3) is 0 Å². The third-order valence-corrected chi connectivity index (χ3v) is 3.28. The van der Waals surface area contributed by atoms with Gasteiger partial charge < -0.3 is 4.74 Å². The van der Waals surface area contributed by atoms with Crippen molar-refractivity contribution < 1.29 is 4.74 Å². The number of morpholine rings is 1.